The lowest BCUT2D eigenvalue weighted by Gasteiger charge is -2.30. The lowest BCUT2D eigenvalue weighted by Crippen LogP contribution is -2.48. The average Bonchev–Trinajstić information content (AvgIpc) is 2.64. The van der Waals surface area contributed by atoms with Gasteiger partial charge >= 0.3 is 6.18 Å². The maximum Gasteiger partial charge on any atom is 0.450 e. The molecule has 1 unspecified atom stereocenters. The molecule has 1 aromatic rings. The number of fused-ring (bicyclic) bond motifs is 1. The van der Waals surface area contributed by atoms with Crippen molar-refractivity contribution in [2.45, 2.75) is 24.9 Å². The van der Waals surface area contributed by atoms with Crippen LogP contribution < -0.4 is 10.1 Å². The lowest BCUT2D eigenvalue weighted by atomic mass is 9.76. The molecule has 1 aromatic carbocycles. The second-order valence-corrected chi connectivity index (χ2v) is 6.79. The average molecular weight is 439 g/mol. The number of ketones is 1. The van der Waals surface area contributed by atoms with Gasteiger partial charge in [0.25, 0.3) is 0 Å². The Labute approximate surface area is 146 Å². The molecule has 0 amide bonds. The van der Waals surface area contributed by atoms with Crippen molar-refractivity contribution >= 4 is 28.4 Å². The molecule has 0 saturated heterocycles. The summed E-state index contributed by atoms with van der Waals surface area (Å²) in [5.74, 6) is -1.14. The van der Waals surface area contributed by atoms with Gasteiger partial charge < -0.3 is 10.1 Å². The lowest BCUT2D eigenvalue weighted by molar-refractivity contribution is -0.176. The first-order chi connectivity index (χ1) is 10.7. The van der Waals surface area contributed by atoms with Crippen LogP contribution in [-0.2, 0) is 16.6 Å². The molecule has 1 N–H and O–H groups in total. The fourth-order valence-electron chi connectivity index (χ4n) is 2.75. The minimum atomic E-state index is -4.87. The highest BCUT2D eigenvalue weighted by Crippen LogP contribution is 2.38. The molecule has 0 spiro atoms. The highest BCUT2D eigenvalue weighted by atomic mass is 127. The number of rotatable bonds is 4. The van der Waals surface area contributed by atoms with Crippen LogP contribution in [0.1, 0.15) is 18.1 Å². The van der Waals surface area contributed by atoms with Gasteiger partial charge in [-0.25, -0.2) is 0 Å². The van der Waals surface area contributed by atoms with Crippen molar-refractivity contribution in [3.05, 3.63) is 39.5 Å². The van der Waals surface area contributed by atoms with Gasteiger partial charge in [0.2, 0.25) is 5.78 Å². The second kappa shape index (κ2) is 6.80. The molecule has 0 radical (unpaired) electrons. The molecule has 23 heavy (non-hydrogen) atoms. The summed E-state index contributed by atoms with van der Waals surface area (Å²) in [6, 6.07) is 3.36. The maximum absolute atomic E-state index is 13.0. The van der Waals surface area contributed by atoms with E-state index < -0.39 is 17.4 Å². The van der Waals surface area contributed by atoms with Gasteiger partial charge in [-0.1, -0.05) is 12.7 Å². The zero-order valence-electron chi connectivity index (χ0n) is 12.6. The Kier molecular flexibility index (Phi) is 5.40. The molecular formula is C16H17F3INO2. The maximum atomic E-state index is 13.0. The van der Waals surface area contributed by atoms with Crippen molar-refractivity contribution in [2.75, 3.05) is 19.7 Å². The van der Waals surface area contributed by atoms with Gasteiger partial charge in [0.05, 0.1) is 8.99 Å². The van der Waals surface area contributed by atoms with Crippen molar-refractivity contribution in [1.82, 2.24) is 5.32 Å². The highest BCUT2D eigenvalue weighted by molar-refractivity contribution is 14.1. The summed E-state index contributed by atoms with van der Waals surface area (Å²) < 4.78 is 45.3. The van der Waals surface area contributed by atoms with Gasteiger partial charge in [0.15, 0.2) is 0 Å². The zero-order valence-corrected chi connectivity index (χ0v) is 14.8. The number of ether oxygens (including phenoxy) is 1. The van der Waals surface area contributed by atoms with E-state index in [1.807, 2.05) is 22.6 Å². The van der Waals surface area contributed by atoms with Gasteiger partial charge in [-0.2, -0.15) is 13.2 Å². The van der Waals surface area contributed by atoms with E-state index in [0.717, 1.165) is 0 Å². The number of benzene rings is 1. The Morgan fingerprint density at radius 3 is 2.83 bits per heavy atom. The molecule has 1 aliphatic rings. The Hall–Kier alpha value is -1.09. The Morgan fingerprint density at radius 2 is 2.22 bits per heavy atom. The van der Waals surface area contributed by atoms with E-state index in [9.17, 15) is 18.0 Å². The van der Waals surface area contributed by atoms with Crippen molar-refractivity contribution in [3.63, 3.8) is 0 Å². The van der Waals surface area contributed by atoms with Crippen molar-refractivity contribution in [2.24, 2.45) is 0 Å². The standard InChI is InChI=1S/C16H17F3INO2/c1-3-6-23-13-7-10-4-5-21-9-15(2,11(10)8-12(13)20)14(22)16(17,18)19/h3,7-8,21H,1,4-6,9H2,2H3. The fourth-order valence-corrected chi connectivity index (χ4v) is 3.37. The number of hydrogen-bond acceptors (Lipinski definition) is 3. The number of halogens is 4. The minimum Gasteiger partial charge on any atom is -0.488 e. The van der Waals surface area contributed by atoms with E-state index in [4.69, 9.17) is 4.74 Å². The molecule has 1 atom stereocenters. The van der Waals surface area contributed by atoms with Crippen LogP contribution in [0.2, 0.25) is 0 Å². The number of carbonyl (C=O) groups is 1. The third-order valence-corrected chi connectivity index (χ3v) is 4.76. The molecule has 1 aliphatic heterocycles. The number of carbonyl (C=O) groups excluding carboxylic acids is 1. The number of alkyl halides is 3. The normalized spacial score (nSPS) is 21.3. The molecule has 0 fully saturated rings. The highest BCUT2D eigenvalue weighted by Gasteiger charge is 2.52. The van der Waals surface area contributed by atoms with E-state index in [2.05, 4.69) is 11.9 Å². The molecule has 1 heterocycles. The Balaban J connectivity index is 2.54. The summed E-state index contributed by atoms with van der Waals surface area (Å²) in [7, 11) is 0. The van der Waals surface area contributed by atoms with E-state index >= 15 is 0 Å². The van der Waals surface area contributed by atoms with Crippen molar-refractivity contribution < 1.29 is 22.7 Å². The monoisotopic (exact) mass is 439 g/mol. The minimum absolute atomic E-state index is 0.0404. The van der Waals surface area contributed by atoms with Crippen LogP contribution in [-0.4, -0.2) is 31.7 Å². The topological polar surface area (TPSA) is 38.3 Å². The van der Waals surface area contributed by atoms with Crippen molar-refractivity contribution in [3.8, 4) is 5.75 Å². The molecule has 126 valence electrons. The van der Waals surface area contributed by atoms with E-state index in [1.165, 1.54) is 6.92 Å². The summed E-state index contributed by atoms with van der Waals surface area (Å²) in [6.45, 7) is 5.70. The summed E-state index contributed by atoms with van der Waals surface area (Å²) >= 11 is 2.01. The number of nitrogens with one attached hydrogen (secondary N) is 1. The molecule has 2 rings (SSSR count). The van der Waals surface area contributed by atoms with Crippen LogP contribution in [0, 0.1) is 3.57 Å². The molecule has 7 heteroatoms. The first-order valence-electron chi connectivity index (χ1n) is 7.09. The Morgan fingerprint density at radius 1 is 1.52 bits per heavy atom. The van der Waals surface area contributed by atoms with Gasteiger partial charge in [-0.05, 0) is 65.7 Å². The van der Waals surface area contributed by atoms with Gasteiger partial charge in [-0.15, -0.1) is 0 Å². The van der Waals surface area contributed by atoms with Gasteiger partial charge in [0.1, 0.15) is 12.4 Å². The van der Waals surface area contributed by atoms with E-state index in [1.54, 1.807) is 18.2 Å². The first kappa shape index (κ1) is 18.3. The van der Waals surface area contributed by atoms with Crippen LogP contribution in [0.4, 0.5) is 13.2 Å². The molecular weight excluding hydrogens is 422 g/mol. The third kappa shape index (κ3) is 3.71. The number of Topliss-reactive ketones (excluding diaryl/α,β-unsaturated/α-hetero) is 1. The largest absolute Gasteiger partial charge is 0.488 e. The summed E-state index contributed by atoms with van der Waals surface area (Å²) in [5.41, 5.74) is -0.518. The number of hydrogen-bond donors (Lipinski definition) is 1. The van der Waals surface area contributed by atoms with Gasteiger partial charge in [0, 0.05) is 6.54 Å². The van der Waals surface area contributed by atoms with Gasteiger partial charge in [-0.3, -0.25) is 4.79 Å². The quantitative estimate of drug-likeness (QED) is 0.578. The molecule has 0 aliphatic carbocycles. The van der Waals surface area contributed by atoms with E-state index in [0.29, 0.717) is 40.0 Å². The smallest absolute Gasteiger partial charge is 0.450 e. The third-order valence-electron chi connectivity index (χ3n) is 3.92. The van der Waals surface area contributed by atoms with Crippen LogP contribution >= 0.6 is 22.6 Å². The fraction of sp³-hybridized carbons (Fsp3) is 0.438. The molecule has 0 bridgehead atoms. The van der Waals surface area contributed by atoms with Crippen LogP contribution in [0.3, 0.4) is 0 Å². The predicted molar refractivity (Wildman–Crippen MR) is 89.8 cm³/mol. The molecule has 0 saturated carbocycles. The van der Waals surface area contributed by atoms with Crippen LogP contribution in [0.25, 0.3) is 0 Å². The predicted octanol–water partition coefficient (Wildman–Crippen LogP) is 3.39. The Bertz CT molecular complexity index is 630. The molecule has 3 nitrogen and oxygen atoms in total. The van der Waals surface area contributed by atoms with Crippen LogP contribution in [0.5, 0.6) is 5.75 Å². The van der Waals surface area contributed by atoms with E-state index in [-0.39, 0.29) is 6.54 Å². The summed E-state index contributed by atoms with van der Waals surface area (Å²) in [4.78, 5) is 12.0. The summed E-state index contributed by atoms with van der Waals surface area (Å²) in [6.07, 6.45) is -2.74. The summed E-state index contributed by atoms with van der Waals surface area (Å²) in [5, 5.41) is 2.94. The zero-order chi connectivity index (χ0) is 17.3. The van der Waals surface area contributed by atoms with Crippen molar-refractivity contribution in [1.29, 1.82) is 0 Å². The second-order valence-electron chi connectivity index (χ2n) is 5.63. The first-order valence-corrected chi connectivity index (χ1v) is 8.17. The molecule has 0 aromatic heterocycles. The van der Waals surface area contributed by atoms with Crippen LogP contribution in [0.15, 0.2) is 24.8 Å². The SMILES string of the molecule is C=CCOc1cc2c(cc1I)C(C)(C(=O)C(F)(F)F)CNCC2.